The minimum absolute atomic E-state index is 0.134. The van der Waals surface area contributed by atoms with Crippen LogP contribution >= 0.6 is 0 Å². The number of benzene rings is 1. The fourth-order valence-corrected chi connectivity index (χ4v) is 3.68. The van der Waals surface area contributed by atoms with E-state index >= 15 is 0 Å². The van der Waals surface area contributed by atoms with Crippen molar-refractivity contribution in [3.05, 3.63) is 34.9 Å². The zero-order valence-electron chi connectivity index (χ0n) is 13.0. The SMILES string of the molecule is CCOC(=O)CS(=O)(=O)CC(NC)c1cc(C)cc(C)c1. The molecule has 1 N–H and O–H groups in total. The topological polar surface area (TPSA) is 72.5 Å². The van der Waals surface area contributed by atoms with Crippen molar-refractivity contribution in [1.82, 2.24) is 5.32 Å². The molecule has 21 heavy (non-hydrogen) atoms. The molecule has 0 saturated carbocycles. The predicted octanol–water partition coefficient (Wildman–Crippen LogP) is 1.54. The lowest BCUT2D eigenvalue weighted by Crippen LogP contribution is -2.29. The maximum Gasteiger partial charge on any atom is 0.321 e. The molecule has 0 aliphatic heterocycles. The van der Waals surface area contributed by atoms with Gasteiger partial charge in [0, 0.05) is 6.04 Å². The van der Waals surface area contributed by atoms with Crippen molar-refractivity contribution in [3.63, 3.8) is 0 Å². The van der Waals surface area contributed by atoms with Gasteiger partial charge in [0.05, 0.1) is 12.4 Å². The number of esters is 1. The van der Waals surface area contributed by atoms with E-state index in [1.54, 1.807) is 14.0 Å². The maximum absolute atomic E-state index is 12.1. The molecule has 118 valence electrons. The van der Waals surface area contributed by atoms with Gasteiger partial charge in [0.25, 0.3) is 0 Å². The molecule has 0 amide bonds. The molecule has 0 aromatic heterocycles. The smallest absolute Gasteiger partial charge is 0.321 e. The van der Waals surface area contributed by atoms with Gasteiger partial charge in [-0.2, -0.15) is 0 Å². The third kappa shape index (κ3) is 5.85. The van der Waals surface area contributed by atoms with Gasteiger partial charge < -0.3 is 10.1 Å². The number of ether oxygens (including phenoxy) is 1. The molecule has 0 radical (unpaired) electrons. The van der Waals surface area contributed by atoms with E-state index < -0.39 is 21.6 Å². The molecule has 1 atom stereocenters. The number of carbonyl (C=O) groups excluding carboxylic acids is 1. The first-order chi connectivity index (χ1) is 9.77. The van der Waals surface area contributed by atoms with Crippen LogP contribution in [0.1, 0.15) is 29.7 Å². The van der Waals surface area contributed by atoms with Crippen LogP contribution in [0, 0.1) is 13.8 Å². The number of hydrogen-bond acceptors (Lipinski definition) is 5. The minimum Gasteiger partial charge on any atom is -0.465 e. The van der Waals surface area contributed by atoms with Crippen LogP contribution in [-0.4, -0.2) is 39.5 Å². The number of nitrogens with one attached hydrogen (secondary N) is 1. The molecule has 5 nitrogen and oxygen atoms in total. The second-order valence-electron chi connectivity index (χ2n) is 5.12. The predicted molar refractivity (Wildman–Crippen MR) is 83.0 cm³/mol. The third-order valence-corrected chi connectivity index (χ3v) is 4.58. The average Bonchev–Trinajstić information content (AvgIpc) is 2.34. The summed E-state index contributed by atoms with van der Waals surface area (Å²) in [7, 11) is -1.81. The van der Waals surface area contributed by atoms with Gasteiger partial charge in [-0.15, -0.1) is 0 Å². The second-order valence-corrected chi connectivity index (χ2v) is 7.23. The summed E-state index contributed by atoms with van der Waals surface area (Å²) in [6, 6.07) is 5.59. The van der Waals surface area contributed by atoms with Crippen LogP contribution in [0.2, 0.25) is 0 Å². The van der Waals surface area contributed by atoms with Crippen LogP contribution < -0.4 is 5.32 Å². The third-order valence-electron chi connectivity index (χ3n) is 3.06. The highest BCUT2D eigenvalue weighted by Gasteiger charge is 2.23. The van der Waals surface area contributed by atoms with Crippen molar-refractivity contribution in [2.45, 2.75) is 26.8 Å². The van der Waals surface area contributed by atoms with Crippen LogP contribution in [0.25, 0.3) is 0 Å². The van der Waals surface area contributed by atoms with Gasteiger partial charge in [0.1, 0.15) is 5.75 Å². The molecule has 0 bridgehead atoms. The second kappa shape index (κ2) is 7.56. The molecular formula is C15H23NO4S. The Labute approximate surface area is 126 Å². The van der Waals surface area contributed by atoms with E-state index in [1.807, 2.05) is 32.0 Å². The van der Waals surface area contributed by atoms with Gasteiger partial charge in [-0.1, -0.05) is 29.3 Å². The van der Waals surface area contributed by atoms with E-state index in [-0.39, 0.29) is 18.4 Å². The Morgan fingerprint density at radius 1 is 1.24 bits per heavy atom. The Morgan fingerprint density at radius 2 is 1.81 bits per heavy atom. The lowest BCUT2D eigenvalue weighted by Gasteiger charge is -2.18. The molecule has 1 unspecified atom stereocenters. The van der Waals surface area contributed by atoms with E-state index in [0.29, 0.717) is 0 Å². The Bertz CT molecular complexity index is 575. The zero-order valence-corrected chi connectivity index (χ0v) is 13.8. The number of aryl methyl sites for hydroxylation is 2. The Balaban J connectivity index is 2.88. The molecule has 0 spiro atoms. The molecule has 6 heteroatoms. The summed E-state index contributed by atoms with van der Waals surface area (Å²) in [5.74, 6) is -1.41. The van der Waals surface area contributed by atoms with Crippen molar-refractivity contribution >= 4 is 15.8 Å². The summed E-state index contributed by atoms with van der Waals surface area (Å²) < 4.78 is 28.9. The summed E-state index contributed by atoms with van der Waals surface area (Å²) in [5.41, 5.74) is 3.06. The van der Waals surface area contributed by atoms with Crippen LogP contribution in [0.4, 0.5) is 0 Å². The average molecular weight is 313 g/mol. The summed E-state index contributed by atoms with van der Waals surface area (Å²) >= 11 is 0. The normalized spacial score (nSPS) is 13.0. The maximum atomic E-state index is 12.1. The Morgan fingerprint density at radius 3 is 2.29 bits per heavy atom. The first-order valence-electron chi connectivity index (χ1n) is 6.89. The van der Waals surface area contributed by atoms with Crippen molar-refractivity contribution in [2.24, 2.45) is 0 Å². The van der Waals surface area contributed by atoms with Crippen LogP contribution in [0.3, 0.4) is 0 Å². The summed E-state index contributed by atoms with van der Waals surface area (Å²) in [6.07, 6.45) is 0. The standard InChI is InChI=1S/C15H23NO4S/c1-5-20-15(17)10-21(18,19)9-14(16-4)13-7-11(2)6-12(3)8-13/h6-8,14,16H,5,9-10H2,1-4H3. The van der Waals surface area contributed by atoms with E-state index in [0.717, 1.165) is 16.7 Å². The highest BCUT2D eigenvalue weighted by atomic mass is 32.2. The highest BCUT2D eigenvalue weighted by molar-refractivity contribution is 7.92. The fraction of sp³-hybridized carbons (Fsp3) is 0.533. The highest BCUT2D eigenvalue weighted by Crippen LogP contribution is 2.19. The first kappa shape index (κ1) is 17.7. The first-order valence-corrected chi connectivity index (χ1v) is 8.71. The summed E-state index contributed by atoms with van der Waals surface area (Å²) in [6.45, 7) is 5.77. The Kier molecular flexibility index (Phi) is 6.36. The number of sulfone groups is 1. The number of carbonyl (C=O) groups is 1. The molecule has 0 fully saturated rings. The number of hydrogen-bond donors (Lipinski definition) is 1. The summed E-state index contributed by atoms with van der Waals surface area (Å²) in [4.78, 5) is 11.4. The molecule has 1 aromatic carbocycles. The minimum atomic E-state index is -3.53. The van der Waals surface area contributed by atoms with Crippen molar-refractivity contribution in [1.29, 1.82) is 0 Å². The molecular weight excluding hydrogens is 290 g/mol. The lowest BCUT2D eigenvalue weighted by molar-refractivity contribution is -0.139. The van der Waals surface area contributed by atoms with Gasteiger partial charge in [-0.05, 0) is 33.4 Å². The summed E-state index contributed by atoms with van der Waals surface area (Å²) in [5, 5.41) is 3.00. The van der Waals surface area contributed by atoms with E-state index in [4.69, 9.17) is 4.74 Å². The fourth-order valence-electron chi connectivity index (χ4n) is 2.25. The van der Waals surface area contributed by atoms with Crippen LogP contribution in [0.15, 0.2) is 18.2 Å². The largest absolute Gasteiger partial charge is 0.465 e. The van der Waals surface area contributed by atoms with Crippen LogP contribution in [0.5, 0.6) is 0 Å². The molecule has 1 rings (SSSR count). The van der Waals surface area contributed by atoms with Crippen molar-refractivity contribution < 1.29 is 17.9 Å². The van der Waals surface area contributed by atoms with Gasteiger partial charge >= 0.3 is 5.97 Å². The van der Waals surface area contributed by atoms with Gasteiger partial charge in [0.2, 0.25) is 0 Å². The van der Waals surface area contributed by atoms with E-state index in [1.165, 1.54) is 0 Å². The van der Waals surface area contributed by atoms with Crippen LogP contribution in [-0.2, 0) is 19.4 Å². The molecule has 1 aromatic rings. The van der Waals surface area contributed by atoms with Crippen molar-refractivity contribution in [3.8, 4) is 0 Å². The zero-order chi connectivity index (χ0) is 16.0. The van der Waals surface area contributed by atoms with Gasteiger partial charge in [-0.3, -0.25) is 4.79 Å². The molecule has 0 saturated heterocycles. The van der Waals surface area contributed by atoms with E-state index in [2.05, 4.69) is 5.32 Å². The Hall–Kier alpha value is -1.40. The molecule has 0 aliphatic rings. The number of rotatable bonds is 7. The quantitative estimate of drug-likeness (QED) is 0.773. The monoisotopic (exact) mass is 313 g/mol. The van der Waals surface area contributed by atoms with Gasteiger partial charge in [0.15, 0.2) is 9.84 Å². The van der Waals surface area contributed by atoms with E-state index in [9.17, 15) is 13.2 Å². The molecule has 0 heterocycles. The van der Waals surface area contributed by atoms with Gasteiger partial charge in [-0.25, -0.2) is 8.42 Å². The molecule has 0 aliphatic carbocycles. The lowest BCUT2D eigenvalue weighted by atomic mass is 10.0. The van der Waals surface area contributed by atoms with Crippen molar-refractivity contribution in [2.75, 3.05) is 25.2 Å².